The van der Waals surface area contributed by atoms with Gasteiger partial charge in [-0.2, -0.15) is 0 Å². The van der Waals surface area contributed by atoms with Crippen LogP contribution in [0, 0.1) is 0 Å². The van der Waals surface area contributed by atoms with E-state index in [1.807, 2.05) is 18.2 Å². The molecule has 1 aliphatic carbocycles. The highest BCUT2D eigenvalue weighted by atomic mass is 35.5. The minimum atomic E-state index is -0.944. The first-order chi connectivity index (χ1) is 10.5. The van der Waals surface area contributed by atoms with E-state index < -0.39 is 11.4 Å². The summed E-state index contributed by atoms with van der Waals surface area (Å²) in [5.74, 6) is -0.972. The quantitative estimate of drug-likeness (QED) is 0.879. The van der Waals surface area contributed by atoms with Crippen molar-refractivity contribution in [2.75, 3.05) is 0 Å². The molecule has 2 aromatic rings. The van der Waals surface area contributed by atoms with E-state index in [4.69, 9.17) is 16.7 Å². The van der Waals surface area contributed by atoms with Crippen molar-refractivity contribution in [1.82, 2.24) is 5.32 Å². The van der Waals surface area contributed by atoms with E-state index in [9.17, 15) is 9.59 Å². The number of benzene rings is 1. The number of carboxylic acids is 1. The molecule has 3 rings (SSSR count). The highest BCUT2D eigenvalue weighted by molar-refractivity contribution is 7.13. The van der Waals surface area contributed by atoms with Crippen molar-refractivity contribution >= 4 is 34.8 Å². The average molecular weight is 336 g/mol. The van der Waals surface area contributed by atoms with Crippen molar-refractivity contribution in [1.29, 1.82) is 0 Å². The van der Waals surface area contributed by atoms with E-state index in [2.05, 4.69) is 5.32 Å². The van der Waals surface area contributed by atoms with Gasteiger partial charge < -0.3 is 10.4 Å². The number of rotatable bonds is 5. The Morgan fingerprint density at radius 2 is 2.05 bits per heavy atom. The van der Waals surface area contributed by atoms with Crippen LogP contribution in [0.3, 0.4) is 0 Å². The number of nitrogens with one attached hydrogen (secondary N) is 1. The first kappa shape index (κ1) is 15.1. The molecule has 0 atom stereocenters. The molecule has 1 aromatic heterocycles. The number of amides is 1. The Bertz CT molecular complexity index is 736. The molecular weight excluding hydrogens is 322 g/mol. The van der Waals surface area contributed by atoms with Crippen LogP contribution >= 0.6 is 22.9 Å². The second-order valence-electron chi connectivity index (χ2n) is 5.35. The van der Waals surface area contributed by atoms with Crippen LogP contribution in [0.1, 0.15) is 33.0 Å². The molecular formula is C16H14ClNO3S. The van der Waals surface area contributed by atoms with Crippen LogP contribution in [0.5, 0.6) is 0 Å². The zero-order valence-corrected chi connectivity index (χ0v) is 13.2. The maximum absolute atomic E-state index is 12.5. The maximum Gasteiger partial charge on any atom is 0.345 e. The highest BCUT2D eigenvalue weighted by Crippen LogP contribution is 2.48. The van der Waals surface area contributed by atoms with Gasteiger partial charge in [-0.05, 0) is 42.7 Å². The Hall–Kier alpha value is -1.85. The van der Waals surface area contributed by atoms with E-state index in [-0.39, 0.29) is 10.8 Å². The van der Waals surface area contributed by atoms with Crippen molar-refractivity contribution in [3.8, 4) is 0 Å². The molecule has 0 bridgehead atoms. The summed E-state index contributed by atoms with van der Waals surface area (Å²) in [5.41, 5.74) is 0.465. The van der Waals surface area contributed by atoms with Gasteiger partial charge in [0.15, 0.2) is 0 Å². The molecule has 1 fully saturated rings. The van der Waals surface area contributed by atoms with E-state index >= 15 is 0 Å². The number of hydrogen-bond donors (Lipinski definition) is 2. The Kier molecular flexibility index (Phi) is 3.93. The molecule has 2 N–H and O–H groups in total. The van der Waals surface area contributed by atoms with Crippen molar-refractivity contribution in [2.24, 2.45) is 0 Å². The van der Waals surface area contributed by atoms with Gasteiger partial charge >= 0.3 is 5.97 Å². The van der Waals surface area contributed by atoms with Crippen molar-refractivity contribution < 1.29 is 14.7 Å². The summed E-state index contributed by atoms with van der Waals surface area (Å²) < 4.78 is 0. The van der Waals surface area contributed by atoms with Crippen LogP contribution in [0.25, 0.3) is 0 Å². The molecule has 0 saturated heterocycles. The van der Waals surface area contributed by atoms with Crippen molar-refractivity contribution in [2.45, 2.75) is 24.8 Å². The van der Waals surface area contributed by atoms with E-state index in [1.54, 1.807) is 18.2 Å². The molecule has 22 heavy (non-hydrogen) atoms. The van der Waals surface area contributed by atoms with Crippen molar-refractivity contribution in [3.63, 3.8) is 0 Å². The fraction of sp³-hybridized carbons (Fsp3) is 0.250. The normalized spacial score (nSPS) is 15.3. The average Bonchev–Trinajstić information content (AvgIpc) is 3.16. The number of carboxylic acid groups (broad SMARTS) is 1. The monoisotopic (exact) mass is 335 g/mol. The third-order valence-corrected chi connectivity index (χ3v) is 5.17. The van der Waals surface area contributed by atoms with E-state index in [1.165, 1.54) is 11.3 Å². The SMILES string of the molecule is O=C(O)c1ccc(CNC(=O)C2(c3cccc(Cl)c3)CC2)s1. The molecule has 4 nitrogen and oxygen atoms in total. The second-order valence-corrected chi connectivity index (χ2v) is 6.95. The molecule has 1 amide bonds. The Morgan fingerprint density at radius 1 is 1.27 bits per heavy atom. The summed E-state index contributed by atoms with van der Waals surface area (Å²) in [4.78, 5) is 24.4. The van der Waals surface area contributed by atoms with Gasteiger partial charge in [-0.15, -0.1) is 11.3 Å². The summed E-state index contributed by atoms with van der Waals surface area (Å²) in [6.45, 7) is 0.346. The first-order valence-electron chi connectivity index (χ1n) is 6.88. The second kappa shape index (κ2) is 5.74. The van der Waals surface area contributed by atoms with Crippen LogP contribution in [-0.2, 0) is 16.8 Å². The Morgan fingerprint density at radius 3 is 2.64 bits per heavy atom. The minimum Gasteiger partial charge on any atom is -0.477 e. The third-order valence-electron chi connectivity index (χ3n) is 3.86. The van der Waals surface area contributed by atoms with Crippen molar-refractivity contribution in [3.05, 3.63) is 56.7 Å². The van der Waals surface area contributed by atoms with Crippen LogP contribution in [0.15, 0.2) is 36.4 Å². The zero-order chi connectivity index (χ0) is 15.7. The topological polar surface area (TPSA) is 66.4 Å². The molecule has 1 heterocycles. The number of carbonyl (C=O) groups excluding carboxylic acids is 1. The molecule has 0 spiro atoms. The lowest BCUT2D eigenvalue weighted by Crippen LogP contribution is -2.34. The molecule has 1 aliphatic rings. The van der Waals surface area contributed by atoms with Crippen LogP contribution in [-0.4, -0.2) is 17.0 Å². The molecule has 0 aliphatic heterocycles. The summed E-state index contributed by atoms with van der Waals surface area (Å²) in [6.07, 6.45) is 1.62. The molecule has 1 saturated carbocycles. The van der Waals surface area contributed by atoms with Crippen LogP contribution in [0.4, 0.5) is 0 Å². The lowest BCUT2D eigenvalue weighted by atomic mass is 9.95. The standard InChI is InChI=1S/C16H14ClNO3S/c17-11-3-1-2-10(8-11)16(6-7-16)15(21)18-9-12-4-5-13(22-12)14(19)20/h1-5,8H,6-7,9H2,(H,18,21)(H,19,20). The summed E-state index contributed by atoms with van der Waals surface area (Å²) in [6, 6.07) is 10.7. The van der Waals surface area contributed by atoms with Gasteiger partial charge in [-0.3, -0.25) is 4.79 Å². The summed E-state index contributed by atoms with van der Waals surface area (Å²) in [5, 5.41) is 12.4. The number of thiophene rings is 1. The lowest BCUT2D eigenvalue weighted by Gasteiger charge is -2.15. The number of carbonyl (C=O) groups is 2. The molecule has 0 radical (unpaired) electrons. The predicted molar refractivity (Wildman–Crippen MR) is 85.5 cm³/mol. The largest absolute Gasteiger partial charge is 0.477 e. The maximum atomic E-state index is 12.5. The Labute approximate surface area is 136 Å². The molecule has 1 aromatic carbocycles. The van der Waals surface area contributed by atoms with Gasteiger partial charge in [0.25, 0.3) is 0 Å². The van der Waals surface area contributed by atoms with Crippen LogP contribution in [0.2, 0.25) is 5.02 Å². The van der Waals surface area contributed by atoms with Gasteiger partial charge in [-0.25, -0.2) is 4.79 Å². The number of halogens is 1. The minimum absolute atomic E-state index is 0.0277. The smallest absolute Gasteiger partial charge is 0.345 e. The van der Waals surface area contributed by atoms with E-state index in [0.29, 0.717) is 11.6 Å². The van der Waals surface area contributed by atoms with Gasteiger partial charge in [0, 0.05) is 9.90 Å². The molecule has 6 heteroatoms. The zero-order valence-electron chi connectivity index (χ0n) is 11.6. The van der Waals surface area contributed by atoms with E-state index in [0.717, 1.165) is 23.3 Å². The fourth-order valence-electron chi connectivity index (χ4n) is 2.48. The summed E-state index contributed by atoms with van der Waals surface area (Å²) in [7, 11) is 0. The predicted octanol–water partition coefficient (Wildman–Crippen LogP) is 3.45. The highest BCUT2D eigenvalue weighted by Gasteiger charge is 2.51. The van der Waals surface area contributed by atoms with Gasteiger partial charge in [-0.1, -0.05) is 23.7 Å². The lowest BCUT2D eigenvalue weighted by molar-refractivity contribution is -0.123. The van der Waals surface area contributed by atoms with Gasteiger partial charge in [0.2, 0.25) is 5.91 Å². The molecule has 0 unspecified atom stereocenters. The fourth-order valence-corrected chi connectivity index (χ4v) is 3.46. The van der Waals surface area contributed by atoms with Gasteiger partial charge in [0.05, 0.1) is 12.0 Å². The van der Waals surface area contributed by atoms with Crippen LogP contribution < -0.4 is 5.32 Å². The third kappa shape index (κ3) is 2.87. The number of hydrogen-bond acceptors (Lipinski definition) is 3. The first-order valence-corrected chi connectivity index (χ1v) is 8.07. The number of aromatic carboxylic acids is 1. The summed E-state index contributed by atoms with van der Waals surface area (Å²) >= 11 is 7.18. The van der Waals surface area contributed by atoms with Gasteiger partial charge in [0.1, 0.15) is 4.88 Å². The Balaban J connectivity index is 1.68. The molecule has 114 valence electrons.